The van der Waals surface area contributed by atoms with Crippen LogP contribution in [0.3, 0.4) is 0 Å². The van der Waals surface area contributed by atoms with Gasteiger partial charge in [-0.15, -0.1) is 10.2 Å². The fourth-order valence-electron chi connectivity index (χ4n) is 1.20. The molecule has 6 heteroatoms. The van der Waals surface area contributed by atoms with Gasteiger partial charge in [0, 0.05) is 13.2 Å². The molecule has 2 aromatic heterocycles. The number of halogens is 1. The lowest BCUT2D eigenvalue weighted by molar-refractivity contribution is 0.288. The highest BCUT2D eigenvalue weighted by atomic mass is 79.9. The molecular weight excluding hydrogens is 272 g/mol. The van der Waals surface area contributed by atoms with Gasteiger partial charge in [-0.3, -0.25) is 0 Å². The summed E-state index contributed by atoms with van der Waals surface area (Å²) in [4.78, 5) is 4.07. The molecule has 0 spiro atoms. The number of nitrogens with zero attached hydrogens (tertiary/aromatic N) is 4. The van der Waals surface area contributed by atoms with Gasteiger partial charge in [0.15, 0.2) is 11.6 Å². The number of aromatic nitrogens is 4. The van der Waals surface area contributed by atoms with E-state index in [-0.39, 0.29) is 0 Å². The highest BCUT2D eigenvalue weighted by Crippen LogP contribution is 2.21. The van der Waals surface area contributed by atoms with Gasteiger partial charge >= 0.3 is 0 Å². The maximum absolute atomic E-state index is 5.58. The van der Waals surface area contributed by atoms with Crippen molar-refractivity contribution in [3.05, 3.63) is 34.6 Å². The summed E-state index contributed by atoms with van der Waals surface area (Å²) in [5, 5.41) is 7.97. The number of rotatable bonds is 3. The highest BCUT2D eigenvalue weighted by molar-refractivity contribution is 9.10. The molecule has 0 aliphatic carbocycles. The Bertz CT molecular complexity index is 497. The first-order valence-corrected chi connectivity index (χ1v) is 5.56. The van der Waals surface area contributed by atoms with Crippen molar-refractivity contribution < 1.29 is 4.74 Å². The van der Waals surface area contributed by atoms with Crippen molar-refractivity contribution in [1.82, 2.24) is 19.7 Å². The van der Waals surface area contributed by atoms with E-state index in [9.17, 15) is 0 Å². The first kappa shape index (κ1) is 11.1. The lowest BCUT2D eigenvalue weighted by Gasteiger charge is -2.06. The van der Waals surface area contributed by atoms with Crippen molar-refractivity contribution in [2.75, 3.05) is 0 Å². The van der Waals surface area contributed by atoms with Crippen LogP contribution in [0.4, 0.5) is 0 Å². The summed E-state index contributed by atoms with van der Waals surface area (Å²) >= 11 is 3.31. The summed E-state index contributed by atoms with van der Waals surface area (Å²) in [6.45, 7) is 2.28. The summed E-state index contributed by atoms with van der Waals surface area (Å²) in [7, 11) is 1.91. The van der Waals surface area contributed by atoms with Gasteiger partial charge in [-0.05, 0) is 35.0 Å². The maximum atomic E-state index is 5.58. The minimum atomic E-state index is 0.377. The van der Waals surface area contributed by atoms with Crippen LogP contribution in [0, 0.1) is 6.92 Å². The van der Waals surface area contributed by atoms with Crippen LogP contribution in [0.5, 0.6) is 5.75 Å². The second-order valence-corrected chi connectivity index (χ2v) is 4.05. The molecule has 0 aliphatic rings. The van der Waals surface area contributed by atoms with Crippen molar-refractivity contribution in [3.63, 3.8) is 0 Å². The number of pyridine rings is 1. The van der Waals surface area contributed by atoms with E-state index < -0.39 is 0 Å². The lowest BCUT2D eigenvalue weighted by Crippen LogP contribution is -2.04. The molecule has 0 aromatic carbocycles. The lowest BCUT2D eigenvalue weighted by atomic mass is 10.5. The summed E-state index contributed by atoms with van der Waals surface area (Å²) in [6.07, 6.45) is 1.70. The fourth-order valence-corrected chi connectivity index (χ4v) is 1.56. The molecule has 0 saturated heterocycles. The molecule has 0 radical (unpaired) electrons. The zero-order chi connectivity index (χ0) is 11.5. The van der Waals surface area contributed by atoms with Gasteiger partial charge in [0.1, 0.15) is 17.0 Å². The molecule has 0 aliphatic heterocycles. The zero-order valence-electron chi connectivity index (χ0n) is 9.01. The number of hydrogen-bond donors (Lipinski definition) is 0. The van der Waals surface area contributed by atoms with E-state index in [2.05, 4.69) is 31.1 Å². The van der Waals surface area contributed by atoms with Crippen LogP contribution in [0.25, 0.3) is 0 Å². The zero-order valence-corrected chi connectivity index (χ0v) is 10.6. The third-order valence-corrected chi connectivity index (χ3v) is 2.86. The van der Waals surface area contributed by atoms with E-state index in [4.69, 9.17) is 4.74 Å². The number of ether oxygens (including phenoxy) is 1. The van der Waals surface area contributed by atoms with E-state index in [1.807, 2.05) is 30.7 Å². The van der Waals surface area contributed by atoms with E-state index in [0.717, 1.165) is 11.6 Å². The highest BCUT2D eigenvalue weighted by Gasteiger charge is 2.07. The van der Waals surface area contributed by atoms with Crippen molar-refractivity contribution >= 4 is 15.9 Å². The molecule has 0 atom stereocenters. The average Bonchev–Trinajstić information content (AvgIpc) is 2.59. The molecule has 0 unspecified atom stereocenters. The maximum Gasteiger partial charge on any atom is 0.170 e. The summed E-state index contributed by atoms with van der Waals surface area (Å²) in [5.41, 5.74) is 0. The van der Waals surface area contributed by atoms with E-state index in [0.29, 0.717) is 17.0 Å². The first-order valence-electron chi connectivity index (χ1n) is 4.76. The van der Waals surface area contributed by atoms with E-state index in [1.165, 1.54) is 0 Å². The predicted molar refractivity (Wildman–Crippen MR) is 62.0 cm³/mol. The van der Waals surface area contributed by atoms with Crippen molar-refractivity contribution in [3.8, 4) is 5.75 Å². The average molecular weight is 283 g/mol. The predicted octanol–water partition coefficient (Wildman–Crippen LogP) is 1.86. The van der Waals surface area contributed by atoms with Gasteiger partial charge in [0.2, 0.25) is 0 Å². The Kier molecular flexibility index (Phi) is 3.19. The smallest absolute Gasteiger partial charge is 0.170 e. The largest absolute Gasteiger partial charge is 0.483 e. The third kappa shape index (κ3) is 2.21. The molecule has 2 aromatic rings. The molecule has 5 nitrogen and oxygen atoms in total. The summed E-state index contributed by atoms with van der Waals surface area (Å²) < 4.78 is 8.17. The van der Waals surface area contributed by atoms with E-state index in [1.54, 1.807) is 6.20 Å². The van der Waals surface area contributed by atoms with Gasteiger partial charge in [0.25, 0.3) is 0 Å². The molecule has 2 rings (SSSR count). The Morgan fingerprint density at radius 1 is 1.44 bits per heavy atom. The van der Waals surface area contributed by atoms with Crippen LogP contribution in [-0.4, -0.2) is 19.7 Å². The third-order valence-electron chi connectivity index (χ3n) is 2.26. The molecule has 0 amide bonds. The van der Waals surface area contributed by atoms with Gasteiger partial charge in [-0.1, -0.05) is 0 Å². The van der Waals surface area contributed by atoms with Gasteiger partial charge in [-0.25, -0.2) is 4.98 Å². The van der Waals surface area contributed by atoms with E-state index >= 15 is 0 Å². The number of aryl methyl sites for hydroxylation is 1. The van der Waals surface area contributed by atoms with Gasteiger partial charge in [0.05, 0.1) is 0 Å². The molecule has 2 heterocycles. The van der Waals surface area contributed by atoms with Gasteiger partial charge in [-0.2, -0.15) is 0 Å². The second-order valence-electron chi connectivity index (χ2n) is 3.30. The molecule has 0 saturated carbocycles. The quantitative estimate of drug-likeness (QED) is 0.807. The standard InChI is InChI=1S/C10H11BrN4O/c1-7-13-14-9(15(7)2)6-16-8-4-3-5-12-10(8)11/h3-5H,6H2,1-2H3. The van der Waals surface area contributed by atoms with Crippen molar-refractivity contribution in [2.45, 2.75) is 13.5 Å². The summed E-state index contributed by atoms with van der Waals surface area (Å²) in [6, 6.07) is 3.67. The molecule has 0 bridgehead atoms. The van der Waals surface area contributed by atoms with Crippen LogP contribution >= 0.6 is 15.9 Å². The molecule has 0 fully saturated rings. The normalized spacial score (nSPS) is 10.4. The Morgan fingerprint density at radius 3 is 2.88 bits per heavy atom. The Hall–Kier alpha value is -1.43. The first-order chi connectivity index (χ1) is 7.68. The topological polar surface area (TPSA) is 52.8 Å². The molecular formula is C10H11BrN4O. The number of hydrogen-bond acceptors (Lipinski definition) is 4. The second kappa shape index (κ2) is 4.61. The van der Waals surface area contributed by atoms with Crippen LogP contribution in [0.2, 0.25) is 0 Å². The SMILES string of the molecule is Cc1nnc(COc2cccnc2Br)n1C. The minimum absolute atomic E-state index is 0.377. The monoisotopic (exact) mass is 282 g/mol. The minimum Gasteiger partial charge on any atom is -0.483 e. The molecule has 84 valence electrons. The van der Waals surface area contributed by atoms with Gasteiger partial charge < -0.3 is 9.30 Å². The van der Waals surface area contributed by atoms with Crippen LogP contribution < -0.4 is 4.74 Å². The molecule has 0 N–H and O–H groups in total. The van der Waals surface area contributed by atoms with Crippen molar-refractivity contribution in [2.24, 2.45) is 7.05 Å². The van der Waals surface area contributed by atoms with Crippen LogP contribution in [0.1, 0.15) is 11.6 Å². The van der Waals surface area contributed by atoms with Crippen LogP contribution in [-0.2, 0) is 13.7 Å². The fraction of sp³-hybridized carbons (Fsp3) is 0.300. The molecule has 16 heavy (non-hydrogen) atoms. The Morgan fingerprint density at radius 2 is 2.25 bits per heavy atom. The van der Waals surface area contributed by atoms with Crippen LogP contribution in [0.15, 0.2) is 22.9 Å². The summed E-state index contributed by atoms with van der Waals surface area (Å²) in [5.74, 6) is 2.35. The van der Waals surface area contributed by atoms with Crippen molar-refractivity contribution in [1.29, 1.82) is 0 Å². The Labute approximate surface area is 102 Å². The Balaban J connectivity index is 2.08.